The van der Waals surface area contributed by atoms with Crippen molar-refractivity contribution in [3.63, 3.8) is 0 Å². The molecular weight excluding hydrogens is 546 g/mol. The maximum atomic E-state index is 16.5. The predicted octanol–water partition coefficient (Wildman–Crippen LogP) is 6.04. The number of nitrogens with two attached hydrogens (primary N) is 1. The number of anilines is 1. The van der Waals surface area contributed by atoms with Crippen LogP contribution in [0.3, 0.4) is 0 Å². The first kappa shape index (κ1) is 25.2. The Kier molecular flexibility index (Phi) is 5.75. The Hall–Kier alpha value is -3.79. The highest BCUT2D eigenvalue weighted by atomic mass is 32.1. The number of benzene rings is 2. The molecule has 2 aromatic heterocycles. The van der Waals surface area contributed by atoms with Crippen LogP contribution in [0.25, 0.3) is 32.1 Å². The summed E-state index contributed by atoms with van der Waals surface area (Å²) in [6.45, 7) is 1.32. The van der Waals surface area contributed by atoms with Crippen LogP contribution in [-0.2, 0) is 18.0 Å². The number of ether oxygens (including phenoxy) is 2. The number of nitriles is 1. The third-order valence-electron chi connectivity index (χ3n) is 8.28. The lowest BCUT2D eigenvalue weighted by atomic mass is 9.91. The van der Waals surface area contributed by atoms with Crippen molar-refractivity contribution in [2.75, 3.05) is 25.4 Å². The fourth-order valence-corrected chi connectivity index (χ4v) is 7.37. The number of halogens is 4. The Bertz CT molecular complexity index is 1810. The summed E-state index contributed by atoms with van der Waals surface area (Å²) < 4.78 is 69.6. The first-order chi connectivity index (χ1) is 19.3. The van der Waals surface area contributed by atoms with Gasteiger partial charge >= 0.3 is 6.01 Å². The molecule has 204 valence electrons. The van der Waals surface area contributed by atoms with E-state index in [-0.39, 0.29) is 76.1 Å². The van der Waals surface area contributed by atoms with E-state index in [0.29, 0.717) is 35.0 Å². The highest BCUT2D eigenvalue weighted by Crippen LogP contribution is 2.46. The molecule has 0 amide bonds. The highest BCUT2D eigenvalue weighted by Gasteiger charge is 2.48. The zero-order chi connectivity index (χ0) is 27.8. The van der Waals surface area contributed by atoms with Crippen LogP contribution in [0.5, 0.6) is 6.01 Å². The normalized spacial score (nSPS) is 20.3. The molecule has 0 saturated carbocycles. The van der Waals surface area contributed by atoms with Crippen LogP contribution in [0, 0.1) is 23.0 Å². The second-order valence-corrected chi connectivity index (χ2v) is 11.4. The number of nitrogen functional groups attached to an aromatic ring is 1. The van der Waals surface area contributed by atoms with Gasteiger partial charge in [0.1, 0.15) is 29.0 Å². The quantitative estimate of drug-likeness (QED) is 0.300. The third-order valence-corrected chi connectivity index (χ3v) is 9.31. The largest absolute Gasteiger partial charge is 0.461 e. The van der Waals surface area contributed by atoms with Gasteiger partial charge in [-0.15, -0.1) is 11.3 Å². The second-order valence-electron chi connectivity index (χ2n) is 10.4. The molecule has 1 atom stereocenters. The average molecular weight is 568 g/mol. The van der Waals surface area contributed by atoms with Crippen molar-refractivity contribution in [1.29, 1.82) is 5.26 Å². The Balaban J connectivity index is 1.34. The molecule has 2 fully saturated rings. The van der Waals surface area contributed by atoms with Gasteiger partial charge in [-0.1, -0.05) is 6.07 Å². The number of aromatic nitrogens is 2. The van der Waals surface area contributed by atoms with Gasteiger partial charge in [-0.25, -0.2) is 13.8 Å². The van der Waals surface area contributed by atoms with E-state index in [0.717, 1.165) is 17.8 Å². The van der Waals surface area contributed by atoms with E-state index in [1.807, 2.05) is 11.0 Å². The fraction of sp³-hybridized carbons (Fsp3) is 0.321. The van der Waals surface area contributed by atoms with Gasteiger partial charge in [-0.05, 0) is 48.6 Å². The molecule has 4 aromatic rings. The Labute approximate surface area is 229 Å². The van der Waals surface area contributed by atoms with Gasteiger partial charge < -0.3 is 15.2 Å². The van der Waals surface area contributed by atoms with Crippen LogP contribution in [-0.4, -0.2) is 40.1 Å². The second kappa shape index (κ2) is 9.12. The molecule has 2 aromatic carbocycles. The smallest absolute Gasteiger partial charge is 0.317 e. The average Bonchev–Trinajstić information content (AvgIpc) is 3.70. The zero-order valence-electron chi connectivity index (χ0n) is 21.0. The lowest BCUT2D eigenvalue weighted by Gasteiger charge is -2.30. The minimum absolute atomic E-state index is 0.00831. The molecule has 7 rings (SSSR count). The van der Waals surface area contributed by atoms with E-state index < -0.39 is 23.3 Å². The minimum atomic E-state index is -1.65. The standard InChI is InChI=1S/C28H21F4N5O2S/c29-19-3-2-14(21-15(7-33)26(34)40-24(19)21)20-18-11-38-10-17(18)16-8-35-27(36-23(16)22(20)30)39-12-28-4-1-5-37(28)9-13(6-28)25(31)32/h2-3,8H,1,4-6,9-12,34H2/t28-/m0/s1. The van der Waals surface area contributed by atoms with Gasteiger partial charge in [0.05, 0.1) is 29.0 Å². The third kappa shape index (κ3) is 3.61. The number of nitrogens with zero attached hydrogens (tertiary/aromatic N) is 4. The lowest BCUT2D eigenvalue weighted by molar-refractivity contribution is 0.108. The van der Waals surface area contributed by atoms with Crippen molar-refractivity contribution in [2.45, 2.75) is 38.0 Å². The van der Waals surface area contributed by atoms with Crippen LogP contribution in [0.1, 0.15) is 36.0 Å². The van der Waals surface area contributed by atoms with Gasteiger partial charge in [0.15, 0.2) is 5.82 Å². The van der Waals surface area contributed by atoms with Gasteiger partial charge in [-0.2, -0.15) is 19.0 Å². The molecule has 7 nitrogen and oxygen atoms in total. The Morgan fingerprint density at radius 2 is 2.08 bits per heavy atom. The van der Waals surface area contributed by atoms with Gasteiger partial charge in [0.25, 0.3) is 6.08 Å². The molecule has 2 N–H and O–H groups in total. The maximum absolute atomic E-state index is 16.5. The first-order valence-corrected chi connectivity index (χ1v) is 13.5. The summed E-state index contributed by atoms with van der Waals surface area (Å²) in [5.41, 5.74) is 7.39. The Morgan fingerprint density at radius 3 is 2.88 bits per heavy atom. The Morgan fingerprint density at radius 1 is 1.25 bits per heavy atom. The fourth-order valence-electron chi connectivity index (χ4n) is 6.42. The van der Waals surface area contributed by atoms with Gasteiger partial charge in [0, 0.05) is 34.7 Å². The first-order valence-electron chi connectivity index (χ1n) is 12.7. The molecule has 40 heavy (non-hydrogen) atoms. The molecule has 5 heterocycles. The van der Waals surface area contributed by atoms with E-state index in [9.17, 15) is 18.4 Å². The summed E-state index contributed by atoms with van der Waals surface area (Å²) >= 11 is 0.938. The number of fused-ring (bicyclic) bond motifs is 5. The van der Waals surface area contributed by atoms with E-state index in [1.54, 1.807) is 0 Å². The highest BCUT2D eigenvalue weighted by molar-refractivity contribution is 7.23. The number of rotatable bonds is 4. The van der Waals surface area contributed by atoms with Crippen molar-refractivity contribution in [3.8, 4) is 23.2 Å². The molecule has 0 radical (unpaired) electrons. The maximum Gasteiger partial charge on any atom is 0.317 e. The molecule has 2 saturated heterocycles. The number of thiophene rings is 1. The van der Waals surface area contributed by atoms with Crippen molar-refractivity contribution in [1.82, 2.24) is 14.9 Å². The van der Waals surface area contributed by atoms with Crippen LogP contribution >= 0.6 is 11.3 Å². The van der Waals surface area contributed by atoms with Crippen LogP contribution in [0.15, 0.2) is 30.0 Å². The van der Waals surface area contributed by atoms with Crippen LogP contribution < -0.4 is 10.5 Å². The van der Waals surface area contributed by atoms with E-state index in [4.69, 9.17) is 15.2 Å². The molecule has 0 spiro atoms. The monoisotopic (exact) mass is 567 g/mol. The van der Waals surface area contributed by atoms with Gasteiger partial charge in [-0.3, -0.25) is 4.90 Å². The number of hydrogen-bond donors (Lipinski definition) is 1. The predicted molar refractivity (Wildman–Crippen MR) is 141 cm³/mol. The molecule has 3 aliphatic rings. The summed E-state index contributed by atoms with van der Waals surface area (Å²) in [7, 11) is 0. The topological polar surface area (TPSA) is 97.3 Å². The van der Waals surface area contributed by atoms with E-state index >= 15 is 4.39 Å². The summed E-state index contributed by atoms with van der Waals surface area (Å²) in [5, 5.41) is 10.6. The number of hydrogen-bond acceptors (Lipinski definition) is 8. The van der Waals surface area contributed by atoms with Crippen LogP contribution in [0.4, 0.5) is 22.6 Å². The summed E-state index contributed by atoms with van der Waals surface area (Å²) in [6, 6.07) is 4.62. The molecule has 12 heteroatoms. The molecular formula is C28H21F4N5O2S. The zero-order valence-corrected chi connectivity index (χ0v) is 21.8. The van der Waals surface area contributed by atoms with E-state index in [2.05, 4.69) is 9.97 Å². The SMILES string of the molecule is N#Cc1c(N)sc2c(F)ccc(-c3c4c(c5cnc(OC[C@@]67CCCN6CC(=C(F)F)C7)nc5c3F)COC4)c12. The van der Waals surface area contributed by atoms with Crippen molar-refractivity contribution in [3.05, 3.63) is 58.3 Å². The minimum Gasteiger partial charge on any atom is -0.461 e. The summed E-state index contributed by atoms with van der Waals surface area (Å²) in [4.78, 5) is 10.7. The molecule has 0 bridgehead atoms. The summed E-state index contributed by atoms with van der Waals surface area (Å²) in [5.74, 6) is -1.23. The summed E-state index contributed by atoms with van der Waals surface area (Å²) in [6.07, 6.45) is 1.61. The van der Waals surface area contributed by atoms with Crippen molar-refractivity contribution < 1.29 is 27.0 Å². The lowest BCUT2D eigenvalue weighted by Crippen LogP contribution is -2.43. The molecule has 3 aliphatic heterocycles. The van der Waals surface area contributed by atoms with Crippen LogP contribution in [0.2, 0.25) is 0 Å². The van der Waals surface area contributed by atoms with Crippen molar-refractivity contribution >= 4 is 37.3 Å². The van der Waals surface area contributed by atoms with E-state index in [1.165, 1.54) is 18.3 Å². The van der Waals surface area contributed by atoms with Gasteiger partial charge in [0.2, 0.25) is 0 Å². The molecule has 0 aliphatic carbocycles. The molecule has 0 unspecified atom stereocenters. The van der Waals surface area contributed by atoms with Crippen molar-refractivity contribution in [2.24, 2.45) is 0 Å².